The van der Waals surface area contributed by atoms with Crippen molar-refractivity contribution >= 4 is 23.2 Å². The number of rotatable bonds is 6. The third-order valence-corrected chi connectivity index (χ3v) is 6.61. The summed E-state index contributed by atoms with van der Waals surface area (Å²) in [6.07, 6.45) is 1.39. The smallest absolute Gasteiger partial charge is 0.244 e. The number of hydrogen-bond acceptors (Lipinski definition) is 3. The summed E-state index contributed by atoms with van der Waals surface area (Å²) < 4.78 is 0. The van der Waals surface area contributed by atoms with E-state index in [2.05, 4.69) is 50.4 Å². The summed E-state index contributed by atoms with van der Waals surface area (Å²) >= 11 is 0. The number of hydrogen-bond donors (Lipinski definition) is 1. The van der Waals surface area contributed by atoms with Crippen molar-refractivity contribution in [3.63, 3.8) is 0 Å². The molecule has 5 nitrogen and oxygen atoms in total. The number of nitrogens with one attached hydrogen (secondary N) is 1. The molecule has 3 rings (SSSR count). The van der Waals surface area contributed by atoms with E-state index in [1.165, 1.54) is 0 Å². The molecule has 2 aromatic rings. The summed E-state index contributed by atoms with van der Waals surface area (Å²) in [6.45, 7) is 18.7. The molecule has 0 spiro atoms. The molecule has 0 aliphatic carbocycles. The number of carbonyl (C=O) groups excluding carboxylic acids is 2. The molecule has 2 aromatic carbocycles. The van der Waals surface area contributed by atoms with Gasteiger partial charge in [-0.2, -0.15) is 0 Å². The molecule has 0 bridgehead atoms. The number of anilines is 2. The van der Waals surface area contributed by atoms with Crippen LogP contribution in [0.4, 0.5) is 11.4 Å². The predicted octanol–water partition coefficient (Wildman–Crippen LogP) is 5.62. The Hall–Kier alpha value is -2.66. The van der Waals surface area contributed by atoms with Crippen LogP contribution in [-0.2, 0) is 9.59 Å². The van der Waals surface area contributed by atoms with Crippen LogP contribution in [0.2, 0.25) is 0 Å². The van der Waals surface area contributed by atoms with Crippen molar-refractivity contribution in [2.45, 2.75) is 81.4 Å². The normalized spacial score (nSPS) is 16.6. The van der Waals surface area contributed by atoms with Gasteiger partial charge in [-0.1, -0.05) is 48.7 Å². The summed E-state index contributed by atoms with van der Waals surface area (Å²) in [6, 6.07) is 8.42. The second-order valence-corrected chi connectivity index (χ2v) is 10.2. The lowest BCUT2D eigenvalue weighted by Gasteiger charge is -2.50. The van der Waals surface area contributed by atoms with Gasteiger partial charge in [0, 0.05) is 0 Å². The van der Waals surface area contributed by atoms with Gasteiger partial charge in [0.1, 0.15) is 5.41 Å². The maximum atomic E-state index is 13.9. The average Bonchev–Trinajstić information content (AvgIpc) is 2.69. The van der Waals surface area contributed by atoms with E-state index < -0.39 is 11.7 Å². The van der Waals surface area contributed by atoms with Crippen LogP contribution in [0.5, 0.6) is 0 Å². The van der Waals surface area contributed by atoms with Crippen molar-refractivity contribution in [3.05, 3.63) is 57.6 Å². The molecule has 5 heteroatoms. The van der Waals surface area contributed by atoms with Crippen molar-refractivity contribution < 1.29 is 9.59 Å². The summed E-state index contributed by atoms with van der Waals surface area (Å²) in [5.74, 6) is -0.342. The molecule has 1 heterocycles. The van der Waals surface area contributed by atoms with Crippen molar-refractivity contribution in [1.29, 1.82) is 0 Å². The Bertz CT molecular complexity index is 961. The Kier molecular flexibility index (Phi) is 7.04. The summed E-state index contributed by atoms with van der Waals surface area (Å²) in [4.78, 5) is 31.5. The van der Waals surface area contributed by atoms with Crippen LogP contribution in [0, 0.1) is 47.0 Å². The molecular weight excluding hydrogens is 410 g/mol. The van der Waals surface area contributed by atoms with E-state index in [4.69, 9.17) is 0 Å². The monoisotopic (exact) mass is 449 g/mol. The Morgan fingerprint density at radius 1 is 0.758 bits per heavy atom. The number of benzene rings is 2. The lowest BCUT2D eigenvalue weighted by molar-refractivity contribution is -0.142. The summed E-state index contributed by atoms with van der Waals surface area (Å²) in [5.41, 5.74) is 7.03. The lowest BCUT2D eigenvalue weighted by atomic mass is 9.85. The Morgan fingerprint density at radius 2 is 1.12 bits per heavy atom. The molecule has 0 aromatic heterocycles. The van der Waals surface area contributed by atoms with Crippen molar-refractivity contribution in [3.8, 4) is 0 Å². The van der Waals surface area contributed by atoms with Crippen LogP contribution >= 0.6 is 0 Å². The highest BCUT2D eigenvalue weighted by molar-refractivity contribution is 6.20. The van der Waals surface area contributed by atoms with Gasteiger partial charge in [0.05, 0.1) is 11.4 Å². The molecule has 2 amide bonds. The zero-order chi connectivity index (χ0) is 24.7. The fourth-order valence-electron chi connectivity index (χ4n) is 5.17. The SMILES string of the molecule is CCCCNC1N(c2c(C)cc(C)cc2C)C(=O)C(C)(C)C(=O)N1c1c(C)cc(C)cc1C. The molecule has 1 N–H and O–H groups in total. The van der Waals surface area contributed by atoms with E-state index in [0.29, 0.717) is 6.54 Å². The van der Waals surface area contributed by atoms with Gasteiger partial charge in [-0.25, -0.2) is 0 Å². The minimum atomic E-state index is -1.18. The van der Waals surface area contributed by atoms with E-state index in [1.54, 1.807) is 13.8 Å². The topological polar surface area (TPSA) is 52.7 Å². The first-order chi connectivity index (χ1) is 15.4. The number of aryl methyl sites for hydroxylation is 6. The largest absolute Gasteiger partial charge is 0.279 e. The molecule has 1 fully saturated rings. The fraction of sp³-hybridized carbons (Fsp3) is 0.500. The van der Waals surface area contributed by atoms with E-state index in [-0.39, 0.29) is 11.8 Å². The standard InChI is InChI=1S/C28H39N3O2/c1-10-11-12-29-27-30(23-19(4)13-17(2)14-20(23)5)25(32)28(8,9)26(33)31(27)24-21(6)15-18(3)16-22(24)7/h13-16,27,29H,10-12H2,1-9H3. The van der Waals surface area contributed by atoms with Gasteiger partial charge in [-0.15, -0.1) is 0 Å². The summed E-state index contributed by atoms with van der Waals surface area (Å²) in [5, 5.41) is 3.57. The predicted molar refractivity (Wildman–Crippen MR) is 137 cm³/mol. The van der Waals surface area contributed by atoms with Crippen LogP contribution < -0.4 is 15.1 Å². The minimum absolute atomic E-state index is 0.171. The Morgan fingerprint density at radius 3 is 1.45 bits per heavy atom. The second-order valence-electron chi connectivity index (χ2n) is 10.2. The van der Waals surface area contributed by atoms with Gasteiger partial charge >= 0.3 is 0 Å². The van der Waals surface area contributed by atoms with Crippen LogP contribution in [0.3, 0.4) is 0 Å². The van der Waals surface area contributed by atoms with E-state index in [9.17, 15) is 9.59 Å². The first-order valence-corrected chi connectivity index (χ1v) is 12.0. The summed E-state index contributed by atoms with van der Waals surface area (Å²) in [7, 11) is 0. The first kappa shape index (κ1) is 25.0. The molecule has 33 heavy (non-hydrogen) atoms. The highest BCUT2D eigenvalue weighted by atomic mass is 16.2. The van der Waals surface area contributed by atoms with Gasteiger partial charge in [0.2, 0.25) is 11.8 Å². The van der Waals surface area contributed by atoms with Crippen molar-refractivity contribution in [1.82, 2.24) is 5.32 Å². The maximum Gasteiger partial charge on any atom is 0.244 e. The van der Waals surface area contributed by atoms with Gasteiger partial charge in [0.15, 0.2) is 6.29 Å². The van der Waals surface area contributed by atoms with Gasteiger partial charge in [-0.3, -0.25) is 24.7 Å². The van der Waals surface area contributed by atoms with Crippen LogP contribution in [0.1, 0.15) is 67.0 Å². The molecular formula is C28H39N3O2. The van der Waals surface area contributed by atoms with E-state index in [0.717, 1.165) is 57.6 Å². The third-order valence-electron chi connectivity index (χ3n) is 6.61. The molecule has 1 aliphatic heterocycles. The molecule has 0 saturated carbocycles. The molecule has 0 atom stereocenters. The molecule has 0 unspecified atom stereocenters. The van der Waals surface area contributed by atoms with Crippen LogP contribution in [0.25, 0.3) is 0 Å². The molecule has 1 saturated heterocycles. The molecule has 178 valence electrons. The van der Waals surface area contributed by atoms with Crippen molar-refractivity contribution in [2.24, 2.45) is 5.41 Å². The second kappa shape index (κ2) is 9.30. The Labute approximate surface area is 199 Å². The number of amides is 2. The van der Waals surface area contributed by atoms with Gasteiger partial charge in [0.25, 0.3) is 0 Å². The van der Waals surface area contributed by atoms with Crippen LogP contribution in [0.15, 0.2) is 24.3 Å². The lowest BCUT2D eigenvalue weighted by Crippen LogP contribution is -2.71. The third kappa shape index (κ3) is 4.43. The quantitative estimate of drug-likeness (QED) is 0.460. The minimum Gasteiger partial charge on any atom is -0.279 e. The van der Waals surface area contributed by atoms with Gasteiger partial charge < -0.3 is 0 Å². The van der Waals surface area contributed by atoms with Gasteiger partial charge in [-0.05, 0) is 90.6 Å². The van der Waals surface area contributed by atoms with E-state index >= 15 is 0 Å². The van der Waals surface area contributed by atoms with Crippen molar-refractivity contribution in [2.75, 3.05) is 16.3 Å². The fourth-order valence-corrected chi connectivity index (χ4v) is 5.17. The van der Waals surface area contributed by atoms with Crippen LogP contribution in [-0.4, -0.2) is 24.6 Å². The molecule has 1 aliphatic rings. The average molecular weight is 450 g/mol. The zero-order valence-electron chi connectivity index (χ0n) is 21.7. The number of nitrogens with zero attached hydrogens (tertiary/aromatic N) is 2. The highest BCUT2D eigenvalue weighted by Gasteiger charge is 2.53. The number of carbonyl (C=O) groups is 2. The molecule has 0 radical (unpaired) electrons. The number of unbranched alkanes of at least 4 members (excludes halogenated alkanes) is 1. The maximum absolute atomic E-state index is 13.9. The zero-order valence-corrected chi connectivity index (χ0v) is 21.7. The first-order valence-electron chi connectivity index (χ1n) is 12.0. The highest BCUT2D eigenvalue weighted by Crippen LogP contribution is 2.41. The van der Waals surface area contributed by atoms with E-state index in [1.807, 2.05) is 37.5 Å². The Balaban J connectivity index is 2.30.